The highest BCUT2D eigenvalue weighted by Gasteiger charge is 2.19. The molecule has 30 heavy (non-hydrogen) atoms. The van der Waals surface area contributed by atoms with Crippen molar-refractivity contribution in [1.82, 2.24) is 14.9 Å². The van der Waals surface area contributed by atoms with Gasteiger partial charge in [-0.2, -0.15) is 0 Å². The molecule has 8 heteroatoms. The van der Waals surface area contributed by atoms with Gasteiger partial charge in [0.05, 0.1) is 35.5 Å². The first-order valence-corrected chi connectivity index (χ1v) is 9.75. The third kappa shape index (κ3) is 4.28. The van der Waals surface area contributed by atoms with Gasteiger partial charge in [-0.05, 0) is 31.2 Å². The minimum atomic E-state index is -0.663. The number of aliphatic hydroxyl groups excluding tert-OH is 1. The van der Waals surface area contributed by atoms with Crippen LogP contribution in [0.4, 0.5) is 5.69 Å². The quantitative estimate of drug-likeness (QED) is 0.555. The molecule has 1 atom stereocenters. The van der Waals surface area contributed by atoms with Crippen LogP contribution in [-0.4, -0.2) is 46.2 Å². The van der Waals surface area contributed by atoms with Gasteiger partial charge in [0.25, 0.3) is 11.8 Å². The Bertz CT molecular complexity index is 1090. The maximum Gasteiger partial charge on any atom is 0.259 e. The molecule has 3 rings (SSSR count). The average molecular weight is 410 g/mol. The van der Waals surface area contributed by atoms with E-state index < -0.39 is 6.10 Å². The van der Waals surface area contributed by atoms with E-state index in [2.05, 4.69) is 15.6 Å². The predicted molar refractivity (Wildman–Crippen MR) is 115 cm³/mol. The molecule has 158 valence electrons. The predicted octanol–water partition coefficient (Wildman–Crippen LogP) is 2.51. The number of methoxy groups -OCH3 is 1. The summed E-state index contributed by atoms with van der Waals surface area (Å²) in [7, 11) is 3.38. The summed E-state index contributed by atoms with van der Waals surface area (Å²) in [6, 6.07) is 10.2. The Morgan fingerprint density at radius 3 is 2.63 bits per heavy atom. The Kier molecular flexibility index (Phi) is 6.37. The number of amides is 2. The molecule has 1 heterocycles. The molecule has 0 aliphatic heterocycles. The molecule has 8 nitrogen and oxygen atoms in total. The van der Waals surface area contributed by atoms with E-state index in [1.54, 1.807) is 43.3 Å². The van der Waals surface area contributed by atoms with Crippen LogP contribution in [0, 0.1) is 0 Å². The van der Waals surface area contributed by atoms with Crippen LogP contribution in [0.1, 0.15) is 40.4 Å². The highest BCUT2D eigenvalue weighted by Crippen LogP contribution is 2.28. The van der Waals surface area contributed by atoms with Gasteiger partial charge < -0.3 is 25.0 Å². The Morgan fingerprint density at radius 2 is 1.97 bits per heavy atom. The van der Waals surface area contributed by atoms with Gasteiger partial charge in [0.2, 0.25) is 0 Å². The molecule has 0 fully saturated rings. The number of aliphatic hydroxyl groups is 1. The van der Waals surface area contributed by atoms with Crippen molar-refractivity contribution >= 4 is 28.5 Å². The SMILES string of the molecule is CCc1nc2cc(C(=O)NCC(C)O)cc(NC(=O)c3ccccc3OC)c2n1C. The third-order valence-electron chi connectivity index (χ3n) is 4.80. The second-order valence-corrected chi connectivity index (χ2v) is 7.05. The number of carbonyl (C=O) groups is 2. The molecule has 3 aromatic rings. The summed E-state index contributed by atoms with van der Waals surface area (Å²) < 4.78 is 7.19. The van der Waals surface area contributed by atoms with Crippen LogP contribution in [-0.2, 0) is 13.5 Å². The van der Waals surface area contributed by atoms with Crippen LogP contribution in [0.3, 0.4) is 0 Å². The Morgan fingerprint density at radius 1 is 1.23 bits per heavy atom. The first kappa shape index (κ1) is 21.3. The summed E-state index contributed by atoms with van der Waals surface area (Å²) in [5, 5.41) is 15.0. The number of aryl methyl sites for hydroxylation is 2. The molecule has 0 radical (unpaired) electrons. The monoisotopic (exact) mass is 410 g/mol. The van der Waals surface area contributed by atoms with Crippen molar-refractivity contribution in [3.05, 3.63) is 53.3 Å². The summed E-state index contributed by atoms with van der Waals surface area (Å²) >= 11 is 0. The number of benzene rings is 2. The van der Waals surface area contributed by atoms with Crippen LogP contribution in [0.2, 0.25) is 0 Å². The molecular formula is C22H26N4O4. The number of nitrogens with zero attached hydrogens (tertiary/aromatic N) is 2. The number of hydrogen-bond acceptors (Lipinski definition) is 5. The number of ether oxygens (including phenoxy) is 1. The van der Waals surface area contributed by atoms with E-state index in [9.17, 15) is 14.7 Å². The van der Waals surface area contributed by atoms with Crippen molar-refractivity contribution < 1.29 is 19.4 Å². The van der Waals surface area contributed by atoms with Crippen molar-refractivity contribution in [3.8, 4) is 5.75 Å². The summed E-state index contributed by atoms with van der Waals surface area (Å²) in [5.74, 6) is 0.583. The lowest BCUT2D eigenvalue weighted by Gasteiger charge is -2.13. The molecule has 2 amide bonds. The topological polar surface area (TPSA) is 105 Å². The first-order valence-electron chi connectivity index (χ1n) is 9.75. The highest BCUT2D eigenvalue weighted by molar-refractivity contribution is 6.11. The second-order valence-electron chi connectivity index (χ2n) is 7.05. The van der Waals surface area contributed by atoms with Crippen LogP contribution in [0.25, 0.3) is 11.0 Å². The number of para-hydroxylation sites is 1. The lowest BCUT2D eigenvalue weighted by molar-refractivity contribution is 0.0923. The standard InChI is InChI=1S/C22H26N4O4/c1-5-19-24-16-10-14(21(28)23-12-13(2)27)11-17(20(16)26(19)3)25-22(29)15-8-6-7-9-18(15)30-4/h6-11,13,27H,5,12H2,1-4H3,(H,23,28)(H,25,29). The van der Waals surface area contributed by atoms with Crippen LogP contribution < -0.4 is 15.4 Å². The molecule has 0 saturated heterocycles. The van der Waals surface area contributed by atoms with E-state index in [-0.39, 0.29) is 18.4 Å². The molecule has 1 aromatic heterocycles. The van der Waals surface area contributed by atoms with E-state index in [4.69, 9.17) is 4.74 Å². The molecular weight excluding hydrogens is 384 g/mol. The van der Waals surface area contributed by atoms with Gasteiger partial charge >= 0.3 is 0 Å². The van der Waals surface area contributed by atoms with Gasteiger partial charge in [0.15, 0.2) is 0 Å². The fraction of sp³-hybridized carbons (Fsp3) is 0.318. The number of hydrogen-bond donors (Lipinski definition) is 3. The number of carbonyl (C=O) groups excluding carboxylic acids is 2. The lowest BCUT2D eigenvalue weighted by Crippen LogP contribution is -2.30. The number of nitrogens with one attached hydrogen (secondary N) is 2. The minimum absolute atomic E-state index is 0.127. The van der Waals surface area contributed by atoms with Crippen molar-refractivity contribution in [3.63, 3.8) is 0 Å². The number of rotatable bonds is 7. The molecule has 0 saturated carbocycles. The van der Waals surface area contributed by atoms with E-state index >= 15 is 0 Å². The number of aromatic nitrogens is 2. The molecule has 1 unspecified atom stereocenters. The maximum atomic E-state index is 13.0. The van der Waals surface area contributed by atoms with Crippen molar-refractivity contribution in [2.45, 2.75) is 26.4 Å². The van der Waals surface area contributed by atoms with Gasteiger partial charge in [-0.1, -0.05) is 19.1 Å². The normalized spacial score (nSPS) is 11.9. The van der Waals surface area contributed by atoms with Crippen molar-refractivity contribution in [2.75, 3.05) is 19.0 Å². The van der Waals surface area contributed by atoms with E-state index in [0.29, 0.717) is 34.5 Å². The van der Waals surface area contributed by atoms with Crippen LogP contribution >= 0.6 is 0 Å². The zero-order valence-corrected chi connectivity index (χ0v) is 17.5. The van der Waals surface area contributed by atoms with E-state index in [1.165, 1.54) is 7.11 Å². The molecule has 0 aliphatic carbocycles. The Labute approximate surface area is 174 Å². The number of imidazole rings is 1. The number of anilines is 1. The van der Waals surface area contributed by atoms with Gasteiger partial charge in [0, 0.05) is 25.6 Å². The van der Waals surface area contributed by atoms with E-state index in [0.717, 1.165) is 11.3 Å². The van der Waals surface area contributed by atoms with Gasteiger partial charge in [0.1, 0.15) is 11.6 Å². The zero-order valence-electron chi connectivity index (χ0n) is 17.5. The van der Waals surface area contributed by atoms with Crippen molar-refractivity contribution in [1.29, 1.82) is 0 Å². The average Bonchev–Trinajstić information content (AvgIpc) is 3.07. The first-order chi connectivity index (χ1) is 14.3. The Hall–Kier alpha value is -3.39. The lowest BCUT2D eigenvalue weighted by atomic mass is 10.1. The molecule has 0 aliphatic rings. The highest BCUT2D eigenvalue weighted by atomic mass is 16.5. The van der Waals surface area contributed by atoms with Crippen LogP contribution in [0.5, 0.6) is 5.75 Å². The number of fused-ring (bicyclic) bond motifs is 1. The van der Waals surface area contributed by atoms with E-state index in [1.807, 2.05) is 18.5 Å². The maximum absolute atomic E-state index is 13.0. The largest absolute Gasteiger partial charge is 0.496 e. The summed E-state index contributed by atoms with van der Waals surface area (Å²) in [4.78, 5) is 30.1. The van der Waals surface area contributed by atoms with Gasteiger partial charge in [-0.3, -0.25) is 9.59 Å². The zero-order chi connectivity index (χ0) is 21.8. The fourth-order valence-corrected chi connectivity index (χ4v) is 3.31. The molecule has 2 aromatic carbocycles. The molecule has 0 bridgehead atoms. The summed E-state index contributed by atoms with van der Waals surface area (Å²) in [6.07, 6.45) is 0.0400. The van der Waals surface area contributed by atoms with Gasteiger partial charge in [-0.25, -0.2) is 4.98 Å². The second kappa shape index (κ2) is 8.96. The minimum Gasteiger partial charge on any atom is -0.496 e. The Balaban J connectivity index is 2.05. The molecule has 3 N–H and O–H groups in total. The smallest absolute Gasteiger partial charge is 0.259 e. The summed E-state index contributed by atoms with van der Waals surface area (Å²) in [5.41, 5.74) is 2.53. The van der Waals surface area contributed by atoms with Crippen LogP contribution in [0.15, 0.2) is 36.4 Å². The fourth-order valence-electron chi connectivity index (χ4n) is 3.31. The third-order valence-corrected chi connectivity index (χ3v) is 4.80. The summed E-state index contributed by atoms with van der Waals surface area (Å²) in [6.45, 7) is 3.71. The van der Waals surface area contributed by atoms with Gasteiger partial charge in [-0.15, -0.1) is 0 Å². The molecule has 0 spiro atoms. The van der Waals surface area contributed by atoms with Crippen molar-refractivity contribution in [2.24, 2.45) is 7.05 Å².